The average Bonchev–Trinajstić information content (AvgIpc) is 3.31. The smallest absolute Gasteiger partial charge is 0.328 e. The molecule has 0 aliphatic carbocycles. The van der Waals surface area contributed by atoms with Gasteiger partial charge in [-0.2, -0.15) is 0 Å². The van der Waals surface area contributed by atoms with Crippen LogP contribution in [0, 0.1) is 17.8 Å². The van der Waals surface area contributed by atoms with Gasteiger partial charge in [-0.05, 0) is 57.4 Å². The van der Waals surface area contributed by atoms with Crippen molar-refractivity contribution in [1.82, 2.24) is 36.8 Å². The van der Waals surface area contributed by atoms with Crippen LogP contribution < -0.4 is 43.4 Å². The van der Waals surface area contributed by atoms with Crippen LogP contribution in [0.5, 0.6) is 0 Å². The van der Waals surface area contributed by atoms with Crippen LogP contribution in [-0.2, 0) is 59.0 Å². The van der Waals surface area contributed by atoms with E-state index in [1.54, 1.807) is 33.1 Å². The highest BCUT2D eigenvalue weighted by Gasteiger charge is 2.34. The third-order valence-electron chi connectivity index (χ3n) is 11.7. The maximum absolute atomic E-state index is 14.3. The van der Waals surface area contributed by atoms with Gasteiger partial charge in [0.2, 0.25) is 35.4 Å². The van der Waals surface area contributed by atoms with Crippen LogP contribution in [0.1, 0.15) is 85.6 Å². The van der Waals surface area contributed by atoms with E-state index in [9.17, 15) is 48.3 Å². The Balaban J connectivity index is 2.71. The highest BCUT2D eigenvalue weighted by Crippen LogP contribution is 2.19. The molecule has 1 aliphatic heterocycles. The lowest BCUT2D eigenvalue weighted by Gasteiger charge is -2.27. The molecule has 0 spiro atoms. The number of carboxylic acids is 1. The number of likely N-dealkylation sites (N-methyl/N-ethyl adjacent to an activating group) is 1. The van der Waals surface area contributed by atoms with Crippen molar-refractivity contribution < 1.29 is 57.7 Å². The van der Waals surface area contributed by atoms with Crippen molar-refractivity contribution in [1.29, 1.82) is 0 Å². The molecule has 22 nitrogen and oxygen atoms in total. The van der Waals surface area contributed by atoms with Gasteiger partial charge < -0.3 is 62.8 Å². The van der Waals surface area contributed by atoms with E-state index in [1.165, 1.54) is 20.9 Å². The summed E-state index contributed by atoms with van der Waals surface area (Å²) in [6.45, 7) is 13.8. The average molecular weight is 995 g/mol. The third kappa shape index (κ3) is 20.8. The lowest BCUT2D eigenvalue weighted by Crippen LogP contribution is -2.57. The normalized spacial score (nSPS) is 24.2. The minimum atomic E-state index is -1.84. The molecule has 2 rings (SSSR count). The highest BCUT2D eigenvalue weighted by atomic mass is 16.5. The second kappa shape index (κ2) is 29.8. The standard InChI is InChI=1S/C49H74N10O12/c1-27(2)23-37-46(66)58-38(47(67)68)26-40(60)54-35(17-14-22-52-49(50)51)45(65)55-34(19-18-28(3)24-29(4)39(70-9)25-33-15-12-11-13-16-33)30(5)42(62)56-36(48(69)71-10)20-21-41(61)59(8)32(7)44(64)53-31(6)43(63)57-37/h11-13,15-16,18-19,24,27,29-31,34-39H,7,14,17,20-23,25-26H2,1-6,8-10H3,(H,53,64)(H,54,60)(H,55,65)(H,56,62)(H,57,63)(H,58,66)(H,67,68)(H4,50,51,52)/b19-18+,28-24+/t29-,30-,31+,34-,35-,36+,37-,38+,39-/m0/s1. The Kier molecular flexibility index (Phi) is 25.2. The molecule has 71 heavy (non-hydrogen) atoms. The first-order valence-electron chi connectivity index (χ1n) is 23.4. The van der Waals surface area contributed by atoms with Gasteiger partial charge in [-0.15, -0.1) is 0 Å². The summed E-state index contributed by atoms with van der Waals surface area (Å²) in [7, 11) is 3.97. The lowest BCUT2D eigenvalue weighted by molar-refractivity contribution is -0.146. The van der Waals surface area contributed by atoms with Crippen molar-refractivity contribution >= 4 is 59.2 Å². The zero-order chi connectivity index (χ0) is 53.5. The number of esters is 1. The number of carbonyl (C=O) groups excluding carboxylic acids is 8. The fourth-order valence-corrected chi connectivity index (χ4v) is 7.39. The van der Waals surface area contributed by atoms with Crippen LogP contribution in [0.15, 0.2) is 71.4 Å². The number of aliphatic imine (C=N–C) groups is 1. The number of allylic oxidation sites excluding steroid dienone is 2. The number of hydrogen-bond donors (Lipinski definition) is 9. The van der Waals surface area contributed by atoms with Crippen LogP contribution in [0.3, 0.4) is 0 Å². The largest absolute Gasteiger partial charge is 0.480 e. The van der Waals surface area contributed by atoms with Crippen LogP contribution in [0.4, 0.5) is 0 Å². The van der Waals surface area contributed by atoms with Gasteiger partial charge in [0, 0.05) is 33.0 Å². The zero-order valence-electron chi connectivity index (χ0n) is 42.2. The van der Waals surface area contributed by atoms with Crippen LogP contribution in [0.2, 0.25) is 0 Å². The van der Waals surface area contributed by atoms with Gasteiger partial charge in [-0.1, -0.05) is 88.4 Å². The topological polar surface area (TPSA) is 332 Å². The highest BCUT2D eigenvalue weighted by molar-refractivity contribution is 6.00. The van der Waals surface area contributed by atoms with Crippen molar-refractivity contribution in [2.75, 3.05) is 27.8 Å². The van der Waals surface area contributed by atoms with E-state index in [4.69, 9.17) is 20.9 Å². The molecule has 0 aromatic heterocycles. The molecule has 1 aliphatic rings. The molecule has 7 amide bonds. The summed E-state index contributed by atoms with van der Waals surface area (Å²) in [4.78, 5) is 126. The van der Waals surface area contributed by atoms with Gasteiger partial charge in [-0.3, -0.25) is 38.6 Å². The van der Waals surface area contributed by atoms with Crippen molar-refractivity contribution in [2.24, 2.45) is 34.2 Å². The van der Waals surface area contributed by atoms with E-state index in [1.807, 2.05) is 50.3 Å². The van der Waals surface area contributed by atoms with Crippen molar-refractivity contribution in [3.8, 4) is 0 Å². The van der Waals surface area contributed by atoms with Crippen molar-refractivity contribution in [3.05, 3.63) is 72.0 Å². The second-order valence-electron chi connectivity index (χ2n) is 18.0. The van der Waals surface area contributed by atoms with Gasteiger partial charge in [0.1, 0.15) is 35.9 Å². The van der Waals surface area contributed by atoms with E-state index < -0.39 is 108 Å². The quantitative estimate of drug-likeness (QED) is 0.0288. The molecule has 22 heteroatoms. The Morgan fingerprint density at radius 2 is 1.52 bits per heavy atom. The molecule has 11 N–H and O–H groups in total. The molecular formula is C49H74N10O12. The molecule has 392 valence electrons. The number of rotatable bonds is 15. The zero-order valence-corrected chi connectivity index (χ0v) is 42.2. The van der Waals surface area contributed by atoms with Crippen LogP contribution in [0.25, 0.3) is 0 Å². The molecule has 0 bridgehead atoms. The number of nitrogens with two attached hydrogens (primary N) is 2. The first-order chi connectivity index (χ1) is 33.4. The number of amides is 7. The summed E-state index contributed by atoms with van der Waals surface area (Å²) < 4.78 is 10.8. The van der Waals surface area contributed by atoms with Crippen LogP contribution >= 0.6 is 0 Å². The molecule has 1 saturated heterocycles. The van der Waals surface area contributed by atoms with Crippen molar-refractivity contribution in [3.63, 3.8) is 0 Å². The van der Waals surface area contributed by atoms with Crippen LogP contribution in [-0.4, -0.2) is 139 Å². The molecular weight excluding hydrogens is 921 g/mol. The summed E-state index contributed by atoms with van der Waals surface area (Å²) in [5.41, 5.74) is 12.4. The predicted molar refractivity (Wildman–Crippen MR) is 264 cm³/mol. The maximum atomic E-state index is 14.3. The predicted octanol–water partition coefficient (Wildman–Crippen LogP) is 0.461. The van der Waals surface area contributed by atoms with E-state index in [2.05, 4.69) is 43.5 Å². The number of hydrogen-bond acceptors (Lipinski definition) is 12. The molecule has 0 saturated carbocycles. The van der Waals surface area contributed by atoms with Gasteiger partial charge in [0.05, 0.1) is 31.6 Å². The maximum Gasteiger partial charge on any atom is 0.328 e. The number of carbonyl (C=O) groups is 9. The summed E-state index contributed by atoms with van der Waals surface area (Å²) >= 11 is 0. The summed E-state index contributed by atoms with van der Waals surface area (Å²) in [6, 6.07) is 1.45. The molecule has 1 aromatic carbocycles. The van der Waals surface area contributed by atoms with E-state index in [0.29, 0.717) is 6.42 Å². The molecule has 0 radical (unpaired) electrons. The van der Waals surface area contributed by atoms with E-state index in [-0.39, 0.29) is 61.8 Å². The first kappa shape index (κ1) is 60.0. The molecule has 1 heterocycles. The number of methoxy groups -OCH3 is 2. The van der Waals surface area contributed by atoms with Gasteiger partial charge in [0.15, 0.2) is 5.96 Å². The fourth-order valence-electron chi connectivity index (χ4n) is 7.39. The fraction of sp³-hybridized carbons (Fsp3) is 0.551. The molecule has 9 atom stereocenters. The molecule has 0 unspecified atom stereocenters. The minimum absolute atomic E-state index is 0.0208. The molecule has 1 aromatic rings. The number of nitrogens with one attached hydrogen (secondary N) is 6. The Morgan fingerprint density at radius 3 is 2.11 bits per heavy atom. The van der Waals surface area contributed by atoms with E-state index >= 15 is 0 Å². The van der Waals surface area contributed by atoms with Gasteiger partial charge in [-0.25, -0.2) is 9.59 Å². The minimum Gasteiger partial charge on any atom is -0.480 e. The Hall–Kier alpha value is -7.10. The third-order valence-corrected chi connectivity index (χ3v) is 11.7. The number of guanidine groups is 1. The van der Waals surface area contributed by atoms with Gasteiger partial charge in [0.25, 0.3) is 5.91 Å². The monoisotopic (exact) mass is 995 g/mol. The first-order valence-corrected chi connectivity index (χ1v) is 23.4. The number of aliphatic carboxylic acids is 1. The number of nitrogens with zero attached hydrogens (tertiary/aromatic N) is 2. The molecule has 1 fully saturated rings. The number of benzene rings is 1. The van der Waals surface area contributed by atoms with E-state index in [0.717, 1.165) is 23.1 Å². The number of carboxylic acid groups (broad SMARTS) is 1. The number of ether oxygens (including phenoxy) is 2. The Labute approximate surface area is 415 Å². The SMILES string of the molecule is C=C1C(=O)N[C@H](C)C(=O)N[C@@H](CC(C)C)C(=O)N[C@@H](C(=O)O)CC(=O)N[C@@H](CCCN=C(N)N)C(=O)N[C@@H](/C=C/C(C)=C/[C@H](C)[C@H](Cc2ccccc2)OC)[C@H](C)C(=O)N[C@@H](C(=O)OC)CCC(=O)N1C. The Bertz CT molecular complexity index is 2140. The van der Waals surface area contributed by atoms with Gasteiger partial charge >= 0.3 is 11.9 Å². The summed E-state index contributed by atoms with van der Waals surface area (Å²) in [5, 5.41) is 25.4. The second-order valence-corrected chi connectivity index (χ2v) is 18.0. The lowest BCUT2D eigenvalue weighted by atomic mass is 9.94. The summed E-state index contributed by atoms with van der Waals surface area (Å²) in [6.07, 6.45) is 4.18. The van der Waals surface area contributed by atoms with Crippen molar-refractivity contribution in [2.45, 2.75) is 129 Å². The summed E-state index contributed by atoms with van der Waals surface area (Å²) in [5.74, 6) is -10.1. The Morgan fingerprint density at radius 1 is 0.887 bits per heavy atom.